The first-order valence-electron chi connectivity index (χ1n) is 10.6. The number of rotatable bonds is 9. The molecule has 1 aromatic rings. The summed E-state index contributed by atoms with van der Waals surface area (Å²) in [6, 6.07) is 9.31. The van der Waals surface area contributed by atoms with Crippen LogP contribution in [0.2, 0.25) is 0 Å². The third kappa shape index (κ3) is 9.53. The Labute approximate surface area is 194 Å². The second kappa shape index (κ2) is 14.0. The summed E-state index contributed by atoms with van der Waals surface area (Å²) in [5, 5.41) is 7.02. The van der Waals surface area contributed by atoms with Gasteiger partial charge in [0.1, 0.15) is 12.4 Å². The number of nitrogens with zero attached hydrogens (tertiary/aromatic N) is 3. The third-order valence-corrected chi connectivity index (χ3v) is 5.12. The number of hydrogen-bond donors (Lipinski definition) is 2. The molecule has 0 radical (unpaired) electrons. The maximum absolute atomic E-state index is 5.97. The molecule has 0 amide bonds. The average molecular weight is 518 g/mol. The van der Waals surface area contributed by atoms with E-state index in [1.165, 1.54) is 0 Å². The normalized spacial score (nSPS) is 16.0. The number of hydrogen-bond acceptors (Lipinski definition) is 4. The van der Waals surface area contributed by atoms with Crippen molar-refractivity contribution in [1.82, 2.24) is 20.4 Å². The zero-order valence-corrected chi connectivity index (χ0v) is 21.1. The number of ether oxygens (including phenoxy) is 1. The predicted molar refractivity (Wildman–Crippen MR) is 134 cm³/mol. The highest BCUT2D eigenvalue weighted by molar-refractivity contribution is 14.0. The van der Waals surface area contributed by atoms with Crippen molar-refractivity contribution >= 4 is 29.9 Å². The minimum atomic E-state index is 0. The van der Waals surface area contributed by atoms with Crippen molar-refractivity contribution in [3.8, 4) is 5.75 Å². The minimum Gasteiger partial charge on any atom is -0.492 e. The lowest BCUT2D eigenvalue weighted by Gasteiger charge is -2.35. The van der Waals surface area contributed by atoms with Crippen LogP contribution in [0, 0.1) is 0 Å². The van der Waals surface area contributed by atoms with E-state index in [4.69, 9.17) is 9.73 Å². The van der Waals surface area contributed by atoms with E-state index in [1.54, 1.807) is 0 Å². The summed E-state index contributed by atoms with van der Waals surface area (Å²) in [4.78, 5) is 9.49. The summed E-state index contributed by atoms with van der Waals surface area (Å²) < 4.78 is 5.97. The molecule has 6 nitrogen and oxygen atoms in total. The van der Waals surface area contributed by atoms with Gasteiger partial charge in [0, 0.05) is 43.8 Å². The van der Waals surface area contributed by atoms with Crippen LogP contribution in [-0.4, -0.2) is 74.7 Å². The fourth-order valence-corrected chi connectivity index (χ4v) is 3.35. The van der Waals surface area contributed by atoms with E-state index in [0.29, 0.717) is 25.2 Å². The van der Waals surface area contributed by atoms with Crippen molar-refractivity contribution in [2.24, 2.45) is 4.99 Å². The monoisotopic (exact) mass is 517 g/mol. The minimum absolute atomic E-state index is 0. The molecule has 1 fully saturated rings. The van der Waals surface area contributed by atoms with Crippen molar-refractivity contribution in [3.63, 3.8) is 0 Å². The van der Waals surface area contributed by atoms with Crippen LogP contribution in [0.25, 0.3) is 0 Å². The van der Waals surface area contributed by atoms with E-state index < -0.39 is 0 Å². The van der Waals surface area contributed by atoms with Gasteiger partial charge in [0.25, 0.3) is 0 Å². The second-order valence-corrected chi connectivity index (χ2v) is 8.00. The standard InChI is InChI=1S/C22H39N5O.HI/c1-6-23-22(25-20-11-13-27(14-12-20)18(2)3)24-17-19-9-7-8-10-21(19)28-16-15-26(4)5;/h7-10,18,20H,6,11-17H2,1-5H3,(H2,23,24,25);1H. The van der Waals surface area contributed by atoms with E-state index in [9.17, 15) is 0 Å². The first-order chi connectivity index (χ1) is 13.5. The summed E-state index contributed by atoms with van der Waals surface area (Å²) in [6.45, 7) is 12.0. The average Bonchev–Trinajstić information content (AvgIpc) is 2.67. The summed E-state index contributed by atoms with van der Waals surface area (Å²) in [7, 11) is 4.11. The van der Waals surface area contributed by atoms with Crippen LogP contribution < -0.4 is 15.4 Å². The van der Waals surface area contributed by atoms with Gasteiger partial charge in [-0.2, -0.15) is 0 Å². The molecule has 7 heteroatoms. The van der Waals surface area contributed by atoms with Gasteiger partial charge >= 0.3 is 0 Å². The summed E-state index contributed by atoms with van der Waals surface area (Å²) in [6.07, 6.45) is 2.32. The molecular formula is C22H40IN5O. The molecule has 0 atom stereocenters. The van der Waals surface area contributed by atoms with Crippen molar-refractivity contribution in [2.45, 2.75) is 52.2 Å². The SMILES string of the molecule is CCNC(=NCc1ccccc1OCCN(C)C)NC1CCN(C(C)C)CC1.I. The molecule has 29 heavy (non-hydrogen) atoms. The van der Waals surface area contributed by atoms with E-state index in [-0.39, 0.29) is 24.0 Å². The summed E-state index contributed by atoms with van der Waals surface area (Å²) >= 11 is 0. The maximum atomic E-state index is 5.97. The Balaban J connectivity index is 0.00000420. The van der Waals surface area contributed by atoms with E-state index in [1.807, 2.05) is 18.2 Å². The molecule has 1 saturated heterocycles. The smallest absolute Gasteiger partial charge is 0.191 e. The number of guanidine groups is 1. The number of piperidine rings is 1. The number of aliphatic imine (C=N–C) groups is 1. The Morgan fingerprint density at radius 2 is 1.93 bits per heavy atom. The fraction of sp³-hybridized carbons (Fsp3) is 0.682. The van der Waals surface area contributed by atoms with Gasteiger partial charge in [0.2, 0.25) is 0 Å². The molecule has 0 saturated carbocycles. The molecule has 2 rings (SSSR count). The third-order valence-electron chi connectivity index (χ3n) is 5.12. The van der Waals surface area contributed by atoms with Gasteiger partial charge in [-0.15, -0.1) is 24.0 Å². The largest absolute Gasteiger partial charge is 0.492 e. The van der Waals surface area contributed by atoms with E-state index >= 15 is 0 Å². The first-order valence-corrected chi connectivity index (χ1v) is 10.6. The molecule has 1 aliphatic rings. The number of nitrogens with one attached hydrogen (secondary N) is 2. The molecule has 0 aliphatic carbocycles. The summed E-state index contributed by atoms with van der Waals surface area (Å²) in [5.41, 5.74) is 1.12. The molecule has 1 aromatic carbocycles. The fourth-order valence-electron chi connectivity index (χ4n) is 3.35. The van der Waals surface area contributed by atoms with Crippen molar-refractivity contribution in [3.05, 3.63) is 29.8 Å². The van der Waals surface area contributed by atoms with Crippen LogP contribution in [0.4, 0.5) is 0 Å². The lowest BCUT2D eigenvalue weighted by molar-refractivity contribution is 0.167. The Morgan fingerprint density at radius 1 is 1.24 bits per heavy atom. The van der Waals surface area contributed by atoms with Crippen LogP contribution in [0.3, 0.4) is 0 Å². The molecule has 166 valence electrons. The molecule has 0 spiro atoms. The highest BCUT2D eigenvalue weighted by Gasteiger charge is 2.21. The van der Waals surface area contributed by atoms with Crippen LogP contribution in [0.1, 0.15) is 39.2 Å². The molecule has 1 heterocycles. The van der Waals surface area contributed by atoms with Gasteiger partial charge in [0.05, 0.1) is 6.54 Å². The number of para-hydroxylation sites is 1. The van der Waals surface area contributed by atoms with Gasteiger partial charge < -0.3 is 25.2 Å². The van der Waals surface area contributed by atoms with Crippen molar-refractivity contribution < 1.29 is 4.74 Å². The van der Waals surface area contributed by atoms with Gasteiger partial charge in [0.15, 0.2) is 5.96 Å². The molecule has 2 N–H and O–H groups in total. The Kier molecular flexibility index (Phi) is 12.6. The molecular weight excluding hydrogens is 477 g/mol. The van der Waals surface area contributed by atoms with E-state index in [0.717, 1.165) is 56.3 Å². The highest BCUT2D eigenvalue weighted by Crippen LogP contribution is 2.19. The lowest BCUT2D eigenvalue weighted by atomic mass is 10.0. The van der Waals surface area contributed by atoms with Crippen molar-refractivity contribution in [1.29, 1.82) is 0 Å². The predicted octanol–water partition coefficient (Wildman–Crippen LogP) is 3.17. The maximum Gasteiger partial charge on any atom is 0.191 e. The quantitative estimate of drug-likeness (QED) is 0.300. The topological polar surface area (TPSA) is 52.1 Å². The molecule has 0 unspecified atom stereocenters. The van der Waals surface area contributed by atoms with Crippen molar-refractivity contribution in [2.75, 3.05) is 46.9 Å². The lowest BCUT2D eigenvalue weighted by Crippen LogP contribution is -2.49. The van der Waals surface area contributed by atoms with Crippen LogP contribution >= 0.6 is 24.0 Å². The number of halogens is 1. The highest BCUT2D eigenvalue weighted by atomic mass is 127. The zero-order valence-electron chi connectivity index (χ0n) is 18.8. The Morgan fingerprint density at radius 3 is 2.55 bits per heavy atom. The molecule has 0 bridgehead atoms. The van der Waals surface area contributed by atoms with Gasteiger partial charge in [-0.3, -0.25) is 0 Å². The second-order valence-electron chi connectivity index (χ2n) is 8.00. The number of likely N-dealkylation sites (tertiary alicyclic amines) is 1. The Hall–Kier alpha value is -1.06. The number of likely N-dealkylation sites (N-methyl/N-ethyl adjacent to an activating group) is 1. The van der Waals surface area contributed by atoms with E-state index in [2.05, 4.69) is 61.4 Å². The van der Waals surface area contributed by atoms with Crippen LogP contribution in [-0.2, 0) is 6.54 Å². The zero-order chi connectivity index (χ0) is 20.4. The summed E-state index contributed by atoms with van der Waals surface area (Å²) in [5.74, 6) is 1.82. The van der Waals surface area contributed by atoms with Gasteiger partial charge in [-0.1, -0.05) is 18.2 Å². The van der Waals surface area contributed by atoms with Gasteiger partial charge in [-0.25, -0.2) is 4.99 Å². The Bertz CT molecular complexity index is 601. The van der Waals surface area contributed by atoms with Gasteiger partial charge in [-0.05, 0) is 53.8 Å². The van der Waals surface area contributed by atoms with Crippen LogP contribution in [0.15, 0.2) is 29.3 Å². The van der Waals surface area contributed by atoms with Crippen LogP contribution in [0.5, 0.6) is 5.75 Å². The molecule has 1 aliphatic heterocycles. The molecule has 0 aromatic heterocycles. The first kappa shape index (κ1) is 26.0. The number of benzene rings is 1.